The lowest BCUT2D eigenvalue weighted by atomic mass is 10.0. The van der Waals surface area contributed by atoms with Crippen LogP contribution in [0, 0.1) is 5.92 Å². The Morgan fingerprint density at radius 1 is 1.35 bits per heavy atom. The Hall–Kier alpha value is -3.51. The van der Waals surface area contributed by atoms with E-state index in [2.05, 4.69) is 47.1 Å². The minimum absolute atomic E-state index is 0.573. The number of allylic oxidation sites excluding steroid dienone is 5. The number of hydrogen-bond acceptors (Lipinski definition) is 6. The number of rotatable bonds is 10. The van der Waals surface area contributed by atoms with Gasteiger partial charge in [0.15, 0.2) is 5.82 Å². The van der Waals surface area contributed by atoms with Gasteiger partial charge in [-0.25, -0.2) is 9.97 Å². The second-order valence-electron chi connectivity index (χ2n) is 8.76. The van der Waals surface area contributed by atoms with Crippen molar-refractivity contribution in [1.82, 2.24) is 20.2 Å². The van der Waals surface area contributed by atoms with Crippen LogP contribution in [0.25, 0.3) is 17.0 Å². The highest BCUT2D eigenvalue weighted by molar-refractivity contribution is 6.12. The normalized spacial score (nSPS) is 16.6. The largest absolute Gasteiger partial charge is 0.383 e. The van der Waals surface area contributed by atoms with Gasteiger partial charge in [0.25, 0.3) is 0 Å². The zero-order chi connectivity index (χ0) is 24.5. The van der Waals surface area contributed by atoms with Crippen molar-refractivity contribution in [2.24, 2.45) is 10.9 Å². The van der Waals surface area contributed by atoms with Gasteiger partial charge in [0.2, 0.25) is 0 Å². The molecule has 0 spiro atoms. The van der Waals surface area contributed by atoms with E-state index in [1.807, 2.05) is 69.4 Å². The van der Waals surface area contributed by atoms with E-state index in [0.29, 0.717) is 11.7 Å². The summed E-state index contributed by atoms with van der Waals surface area (Å²) < 4.78 is 0. The number of aliphatic imine (C=N–C) groups is 1. The van der Waals surface area contributed by atoms with Gasteiger partial charge in [0.05, 0.1) is 11.3 Å². The molecule has 1 fully saturated rings. The van der Waals surface area contributed by atoms with Crippen LogP contribution in [0.4, 0.5) is 5.82 Å². The molecule has 6 heteroatoms. The number of benzene rings is 1. The van der Waals surface area contributed by atoms with Gasteiger partial charge in [0, 0.05) is 44.3 Å². The van der Waals surface area contributed by atoms with E-state index < -0.39 is 0 Å². The van der Waals surface area contributed by atoms with Gasteiger partial charge in [-0.05, 0) is 62.6 Å². The second-order valence-corrected chi connectivity index (χ2v) is 8.76. The molecule has 0 amide bonds. The van der Waals surface area contributed by atoms with E-state index in [1.54, 1.807) is 0 Å². The quantitative estimate of drug-likeness (QED) is 0.382. The summed E-state index contributed by atoms with van der Waals surface area (Å²) >= 11 is 0. The lowest BCUT2D eigenvalue weighted by Gasteiger charge is -2.16. The topological polar surface area (TPSA) is 65.4 Å². The maximum Gasteiger partial charge on any atom is 0.161 e. The summed E-state index contributed by atoms with van der Waals surface area (Å²) in [5.41, 5.74) is 5.46. The fourth-order valence-electron chi connectivity index (χ4n) is 3.88. The summed E-state index contributed by atoms with van der Waals surface area (Å²) in [4.78, 5) is 16.3. The molecule has 34 heavy (non-hydrogen) atoms. The summed E-state index contributed by atoms with van der Waals surface area (Å²) in [5.74, 6) is 2.03. The second kappa shape index (κ2) is 12.1. The Morgan fingerprint density at radius 3 is 2.82 bits per heavy atom. The van der Waals surface area contributed by atoms with E-state index in [-0.39, 0.29) is 0 Å². The van der Waals surface area contributed by atoms with Gasteiger partial charge >= 0.3 is 0 Å². The summed E-state index contributed by atoms with van der Waals surface area (Å²) in [5, 5.41) is 7.01. The fourth-order valence-corrected chi connectivity index (χ4v) is 3.88. The van der Waals surface area contributed by atoms with Gasteiger partial charge in [-0.3, -0.25) is 4.99 Å². The number of nitrogens with zero attached hydrogens (tertiary/aromatic N) is 4. The average molecular weight is 457 g/mol. The highest BCUT2D eigenvalue weighted by atomic mass is 15.0. The Morgan fingerprint density at radius 2 is 2.18 bits per heavy atom. The third kappa shape index (κ3) is 6.75. The van der Waals surface area contributed by atoms with Crippen molar-refractivity contribution in [2.75, 3.05) is 39.0 Å². The highest BCUT2D eigenvalue weighted by Crippen LogP contribution is 2.25. The lowest BCUT2D eigenvalue weighted by Crippen LogP contribution is -2.19. The van der Waals surface area contributed by atoms with E-state index in [4.69, 9.17) is 9.97 Å². The van der Waals surface area contributed by atoms with Gasteiger partial charge < -0.3 is 15.5 Å². The SMILES string of the molecule is C=C/C(=C\N(C)C)c1cccc(-c2ncc(C(/C=C\C)=N/C(=C)C)c(NC[C@H]3CCNC3)n2)c1. The Kier molecular flexibility index (Phi) is 8.93. The molecule has 1 atom stereocenters. The van der Waals surface area contributed by atoms with Crippen molar-refractivity contribution in [3.63, 3.8) is 0 Å². The maximum atomic E-state index is 4.96. The average Bonchev–Trinajstić information content (AvgIpc) is 3.34. The first-order chi connectivity index (χ1) is 16.4. The molecule has 6 nitrogen and oxygen atoms in total. The molecule has 1 aromatic heterocycles. The molecule has 0 aliphatic carbocycles. The number of aromatic nitrogens is 2. The molecule has 1 saturated heterocycles. The molecule has 178 valence electrons. The van der Waals surface area contributed by atoms with Crippen LogP contribution in [-0.2, 0) is 0 Å². The summed E-state index contributed by atoms with van der Waals surface area (Å²) in [6.45, 7) is 14.7. The van der Waals surface area contributed by atoms with Gasteiger partial charge in [0.1, 0.15) is 5.82 Å². The van der Waals surface area contributed by atoms with Crippen molar-refractivity contribution in [1.29, 1.82) is 0 Å². The van der Waals surface area contributed by atoms with Crippen LogP contribution in [0.15, 0.2) is 78.7 Å². The predicted molar refractivity (Wildman–Crippen MR) is 145 cm³/mol. The Bertz CT molecular complexity index is 1100. The number of anilines is 1. The van der Waals surface area contributed by atoms with Crippen molar-refractivity contribution < 1.29 is 0 Å². The van der Waals surface area contributed by atoms with Gasteiger partial charge in [-0.1, -0.05) is 43.5 Å². The standard InChI is InChI=1S/C28H36N6/c1-7-10-26(32-20(3)4)25-18-31-27(33-28(25)30-17-21-13-14-29-16-21)24-12-9-11-23(15-24)22(8-2)19-34(5)6/h7-12,15,18-19,21,29H,2-3,13-14,16-17H2,1,4-6H3,(H,30,31,33)/b10-7-,22-19+,32-26+/t21-/m0/s1. The van der Waals surface area contributed by atoms with Gasteiger partial charge in [-0.15, -0.1) is 0 Å². The van der Waals surface area contributed by atoms with Crippen LogP contribution in [0.2, 0.25) is 0 Å². The van der Waals surface area contributed by atoms with Crippen LogP contribution in [-0.4, -0.2) is 54.3 Å². The molecule has 2 heterocycles. The summed E-state index contributed by atoms with van der Waals surface area (Å²) in [7, 11) is 4.00. The maximum absolute atomic E-state index is 4.96. The number of nitrogens with one attached hydrogen (secondary N) is 2. The molecule has 3 rings (SSSR count). The fraction of sp³-hybridized carbons (Fsp3) is 0.321. The van der Waals surface area contributed by atoms with Crippen molar-refractivity contribution in [3.05, 3.63) is 84.9 Å². The first-order valence-electron chi connectivity index (χ1n) is 11.7. The van der Waals surface area contributed by atoms with E-state index in [9.17, 15) is 0 Å². The highest BCUT2D eigenvalue weighted by Gasteiger charge is 2.17. The third-order valence-electron chi connectivity index (χ3n) is 5.49. The molecule has 1 aliphatic heterocycles. The van der Waals surface area contributed by atoms with Crippen molar-refractivity contribution in [2.45, 2.75) is 20.3 Å². The monoisotopic (exact) mass is 456 g/mol. The van der Waals surface area contributed by atoms with Crippen LogP contribution in [0.5, 0.6) is 0 Å². The molecule has 0 radical (unpaired) electrons. The molecule has 0 saturated carbocycles. The van der Waals surface area contributed by atoms with Crippen LogP contribution in [0.3, 0.4) is 0 Å². The zero-order valence-corrected chi connectivity index (χ0v) is 20.8. The van der Waals surface area contributed by atoms with E-state index >= 15 is 0 Å². The Balaban J connectivity index is 2.04. The molecular formula is C28H36N6. The van der Waals surface area contributed by atoms with Crippen molar-refractivity contribution >= 4 is 17.1 Å². The molecule has 0 unspecified atom stereocenters. The number of hydrogen-bond donors (Lipinski definition) is 2. The molecule has 2 N–H and O–H groups in total. The molecule has 0 bridgehead atoms. The summed E-state index contributed by atoms with van der Waals surface area (Å²) in [6.07, 6.45) is 10.9. The Labute approximate surface area is 203 Å². The third-order valence-corrected chi connectivity index (χ3v) is 5.49. The molecule has 2 aromatic rings. The van der Waals surface area contributed by atoms with Crippen LogP contribution >= 0.6 is 0 Å². The molecule has 1 aromatic carbocycles. The van der Waals surface area contributed by atoms with Crippen LogP contribution < -0.4 is 10.6 Å². The summed E-state index contributed by atoms with van der Waals surface area (Å²) in [6, 6.07) is 8.24. The lowest BCUT2D eigenvalue weighted by molar-refractivity contribution is 0.566. The first kappa shape index (κ1) is 25.1. The molecule has 1 aliphatic rings. The minimum Gasteiger partial charge on any atom is -0.383 e. The van der Waals surface area contributed by atoms with E-state index in [0.717, 1.165) is 65.5 Å². The smallest absolute Gasteiger partial charge is 0.161 e. The zero-order valence-electron chi connectivity index (χ0n) is 20.8. The van der Waals surface area contributed by atoms with Gasteiger partial charge in [-0.2, -0.15) is 0 Å². The minimum atomic E-state index is 0.573. The van der Waals surface area contributed by atoms with Crippen LogP contribution in [0.1, 0.15) is 31.4 Å². The first-order valence-corrected chi connectivity index (χ1v) is 11.7. The predicted octanol–water partition coefficient (Wildman–Crippen LogP) is 5.15. The van der Waals surface area contributed by atoms with Crippen molar-refractivity contribution in [3.8, 4) is 11.4 Å². The molecular weight excluding hydrogens is 420 g/mol. The van der Waals surface area contributed by atoms with E-state index in [1.165, 1.54) is 0 Å².